The summed E-state index contributed by atoms with van der Waals surface area (Å²) in [5.41, 5.74) is 9.23. The molecule has 2 rings (SSSR count). The van der Waals surface area contributed by atoms with Crippen LogP contribution in [0, 0.1) is 20.8 Å². The van der Waals surface area contributed by atoms with Gasteiger partial charge in [0.2, 0.25) is 0 Å². The number of rotatable bonds is 2. The molecule has 0 amide bonds. The third kappa shape index (κ3) is 2.39. The zero-order chi connectivity index (χ0) is 12.8. The Labute approximate surface area is 107 Å². The fourth-order valence-electron chi connectivity index (χ4n) is 2.93. The van der Waals surface area contributed by atoms with Gasteiger partial charge in [-0.2, -0.15) is 0 Å². The van der Waals surface area contributed by atoms with Gasteiger partial charge in [0.15, 0.2) is 0 Å². The van der Waals surface area contributed by atoms with E-state index in [0.717, 1.165) is 6.42 Å². The molecular formula is C16H24Si. The van der Waals surface area contributed by atoms with Crippen LogP contribution >= 0.6 is 0 Å². The van der Waals surface area contributed by atoms with Crippen LogP contribution in [0.1, 0.15) is 27.8 Å². The van der Waals surface area contributed by atoms with Gasteiger partial charge >= 0.3 is 0 Å². The van der Waals surface area contributed by atoms with Crippen LogP contribution < -0.4 is 0 Å². The molecule has 0 bridgehead atoms. The van der Waals surface area contributed by atoms with Crippen molar-refractivity contribution in [3.63, 3.8) is 0 Å². The molecule has 0 aliphatic heterocycles. The molecule has 1 aliphatic rings. The maximum atomic E-state index is 2.47. The molecule has 0 radical (unpaired) electrons. The summed E-state index contributed by atoms with van der Waals surface area (Å²) in [7, 11) is -1.01. The number of allylic oxidation sites excluding steroid dienone is 2. The van der Waals surface area contributed by atoms with Crippen LogP contribution in [0.5, 0.6) is 0 Å². The van der Waals surface area contributed by atoms with Crippen molar-refractivity contribution in [1.29, 1.82) is 0 Å². The highest BCUT2D eigenvalue weighted by molar-refractivity contribution is 6.77. The molecule has 0 heterocycles. The summed E-state index contributed by atoms with van der Waals surface area (Å²) in [6.45, 7) is 14.2. The Kier molecular flexibility index (Phi) is 3.07. The fourth-order valence-corrected chi connectivity index (χ4v) is 4.39. The van der Waals surface area contributed by atoms with E-state index in [2.05, 4.69) is 52.6 Å². The molecule has 1 aromatic carbocycles. The summed E-state index contributed by atoms with van der Waals surface area (Å²) < 4.78 is 0. The van der Waals surface area contributed by atoms with Crippen LogP contribution in [0.2, 0.25) is 25.7 Å². The summed E-state index contributed by atoms with van der Waals surface area (Å²) in [6.07, 6.45) is 3.63. The minimum Gasteiger partial charge on any atom is -0.0766 e. The van der Waals surface area contributed by atoms with Crippen LogP contribution in [0.15, 0.2) is 12.1 Å². The molecule has 0 atom stereocenters. The Morgan fingerprint density at radius 3 is 2.29 bits per heavy atom. The highest BCUT2D eigenvalue weighted by Gasteiger charge is 2.24. The molecule has 0 fully saturated rings. The van der Waals surface area contributed by atoms with Gasteiger partial charge in [-0.25, -0.2) is 0 Å². The lowest BCUT2D eigenvalue weighted by atomic mass is 9.93. The van der Waals surface area contributed by atoms with Gasteiger partial charge in [-0.3, -0.25) is 0 Å². The minimum absolute atomic E-state index is 1.01. The van der Waals surface area contributed by atoms with E-state index in [9.17, 15) is 0 Å². The summed E-state index contributed by atoms with van der Waals surface area (Å²) in [4.78, 5) is 0. The lowest BCUT2D eigenvalue weighted by Gasteiger charge is -2.20. The Hall–Kier alpha value is -0.823. The van der Waals surface area contributed by atoms with Crippen LogP contribution in [0.25, 0.3) is 5.57 Å². The van der Waals surface area contributed by atoms with E-state index >= 15 is 0 Å². The van der Waals surface area contributed by atoms with Crippen molar-refractivity contribution in [2.75, 3.05) is 0 Å². The van der Waals surface area contributed by atoms with Gasteiger partial charge in [-0.1, -0.05) is 31.8 Å². The van der Waals surface area contributed by atoms with Crippen molar-refractivity contribution in [1.82, 2.24) is 0 Å². The lowest BCUT2D eigenvalue weighted by molar-refractivity contribution is 1.18. The van der Waals surface area contributed by atoms with E-state index in [1.807, 2.05) is 0 Å². The Morgan fingerprint density at radius 1 is 1.06 bits per heavy atom. The smallest absolute Gasteiger partial charge is 0.0487 e. The lowest BCUT2D eigenvalue weighted by Crippen LogP contribution is -2.19. The van der Waals surface area contributed by atoms with Crippen molar-refractivity contribution < 1.29 is 0 Å². The van der Waals surface area contributed by atoms with Crippen molar-refractivity contribution >= 4 is 13.6 Å². The van der Waals surface area contributed by atoms with Gasteiger partial charge in [-0.15, -0.1) is 0 Å². The second-order valence-corrected chi connectivity index (χ2v) is 12.1. The molecule has 1 heteroatoms. The molecule has 0 aromatic heterocycles. The first-order valence-electron chi connectivity index (χ1n) is 6.58. The maximum absolute atomic E-state index is 2.47. The largest absolute Gasteiger partial charge is 0.0766 e. The van der Waals surface area contributed by atoms with Crippen molar-refractivity contribution in [2.45, 2.75) is 52.9 Å². The second-order valence-electron chi connectivity index (χ2n) is 6.66. The van der Waals surface area contributed by atoms with Gasteiger partial charge in [-0.05, 0) is 66.6 Å². The fraction of sp³-hybridized carbons (Fsp3) is 0.500. The minimum atomic E-state index is -1.01. The standard InChI is InChI=1S/C16H24Si/c1-11-9-12(2)16-14(10-17(4,5)6)7-8-15(16)13(11)3/h7,9H,8,10H2,1-6H3. The highest BCUT2D eigenvalue weighted by atomic mass is 28.3. The Bertz CT molecular complexity index is 487. The normalized spacial score (nSPS) is 14.8. The SMILES string of the molecule is Cc1cc(C)c2c(c1C)CC=C2C[Si](C)(C)C. The van der Waals surface area contributed by atoms with E-state index < -0.39 is 8.07 Å². The highest BCUT2D eigenvalue weighted by Crippen LogP contribution is 2.38. The first-order valence-corrected chi connectivity index (χ1v) is 10.3. The number of fused-ring (bicyclic) bond motifs is 1. The number of hydrogen-bond donors (Lipinski definition) is 0. The zero-order valence-corrected chi connectivity index (χ0v) is 13.1. The van der Waals surface area contributed by atoms with Crippen molar-refractivity contribution in [3.05, 3.63) is 40.0 Å². The van der Waals surface area contributed by atoms with Crippen molar-refractivity contribution in [3.8, 4) is 0 Å². The average molecular weight is 244 g/mol. The molecule has 92 valence electrons. The van der Waals surface area contributed by atoms with E-state index in [-0.39, 0.29) is 0 Å². The summed E-state index contributed by atoms with van der Waals surface area (Å²) >= 11 is 0. The molecule has 0 unspecified atom stereocenters. The van der Waals surface area contributed by atoms with Gasteiger partial charge in [0.25, 0.3) is 0 Å². The first kappa shape index (κ1) is 12.6. The average Bonchev–Trinajstić information content (AvgIpc) is 2.56. The Balaban J connectivity index is 2.47. The summed E-state index contributed by atoms with van der Waals surface area (Å²) in [6, 6.07) is 3.68. The number of hydrogen-bond acceptors (Lipinski definition) is 0. The second kappa shape index (κ2) is 4.13. The van der Waals surface area contributed by atoms with Gasteiger partial charge in [0, 0.05) is 8.07 Å². The molecule has 0 saturated heterocycles. The predicted molar refractivity (Wildman–Crippen MR) is 80.5 cm³/mol. The molecule has 1 aliphatic carbocycles. The molecule has 0 spiro atoms. The van der Waals surface area contributed by atoms with Crippen LogP contribution in [0.4, 0.5) is 0 Å². The monoisotopic (exact) mass is 244 g/mol. The molecule has 0 saturated carbocycles. The third-order valence-corrected chi connectivity index (χ3v) is 5.21. The molecule has 0 N–H and O–H groups in total. The van der Waals surface area contributed by atoms with Gasteiger partial charge < -0.3 is 0 Å². The Morgan fingerprint density at radius 2 is 1.71 bits per heavy atom. The quantitative estimate of drug-likeness (QED) is 0.650. The topological polar surface area (TPSA) is 0 Å². The van der Waals surface area contributed by atoms with Gasteiger partial charge in [0.05, 0.1) is 0 Å². The molecular weight excluding hydrogens is 220 g/mol. The number of benzene rings is 1. The zero-order valence-electron chi connectivity index (χ0n) is 12.1. The first-order chi connectivity index (χ1) is 7.79. The molecule has 1 aromatic rings. The van der Waals surface area contributed by atoms with Crippen LogP contribution in [0.3, 0.4) is 0 Å². The van der Waals surface area contributed by atoms with E-state index in [4.69, 9.17) is 0 Å². The van der Waals surface area contributed by atoms with Crippen molar-refractivity contribution in [2.24, 2.45) is 0 Å². The number of aryl methyl sites for hydroxylation is 2. The molecule has 17 heavy (non-hydrogen) atoms. The van der Waals surface area contributed by atoms with Crippen LogP contribution in [-0.4, -0.2) is 8.07 Å². The summed E-state index contributed by atoms with van der Waals surface area (Å²) in [5, 5.41) is 0. The van der Waals surface area contributed by atoms with Gasteiger partial charge in [0.1, 0.15) is 0 Å². The molecule has 0 nitrogen and oxygen atoms in total. The van der Waals surface area contributed by atoms with E-state index in [0.29, 0.717) is 0 Å². The third-order valence-electron chi connectivity index (χ3n) is 3.77. The van der Waals surface area contributed by atoms with Crippen LogP contribution in [-0.2, 0) is 6.42 Å². The predicted octanol–water partition coefficient (Wildman–Crippen LogP) is 4.89. The van der Waals surface area contributed by atoms with E-state index in [1.54, 1.807) is 16.7 Å². The summed E-state index contributed by atoms with van der Waals surface area (Å²) in [5.74, 6) is 0. The van der Waals surface area contributed by atoms with E-state index in [1.165, 1.54) is 22.7 Å². The maximum Gasteiger partial charge on any atom is 0.0487 e.